The highest BCUT2D eigenvalue weighted by Gasteiger charge is 2.25. The molecule has 1 aromatic carbocycles. The molecule has 0 radical (unpaired) electrons. The number of para-hydroxylation sites is 1. The number of piperidine rings is 1. The maximum absolute atomic E-state index is 12.8. The van der Waals surface area contributed by atoms with Gasteiger partial charge in [-0.25, -0.2) is 4.98 Å². The first-order valence-electron chi connectivity index (χ1n) is 8.53. The zero-order chi connectivity index (χ0) is 16.5. The van der Waals surface area contributed by atoms with E-state index in [0.29, 0.717) is 12.6 Å². The Hall–Kier alpha value is -2.56. The summed E-state index contributed by atoms with van der Waals surface area (Å²) in [7, 11) is 0. The lowest BCUT2D eigenvalue weighted by atomic mass is 10.1. The Kier molecular flexibility index (Phi) is 3.84. The van der Waals surface area contributed by atoms with Crippen molar-refractivity contribution < 1.29 is 4.79 Å². The smallest absolute Gasteiger partial charge is 0.242 e. The minimum atomic E-state index is 0.193. The molecule has 24 heavy (non-hydrogen) atoms. The van der Waals surface area contributed by atoms with Crippen LogP contribution in [0.5, 0.6) is 0 Å². The highest BCUT2D eigenvalue weighted by molar-refractivity contribution is 5.83. The van der Waals surface area contributed by atoms with Crippen LogP contribution in [0.2, 0.25) is 0 Å². The van der Waals surface area contributed by atoms with Crippen molar-refractivity contribution in [2.75, 3.05) is 13.1 Å². The lowest BCUT2D eigenvalue weighted by Gasteiger charge is -2.34. The third-order valence-corrected chi connectivity index (χ3v) is 4.99. The molecular formula is C19H22N4O. The summed E-state index contributed by atoms with van der Waals surface area (Å²) >= 11 is 0. The van der Waals surface area contributed by atoms with Crippen LogP contribution in [0.25, 0.3) is 10.9 Å². The Bertz CT molecular complexity index is 863. The first kappa shape index (κ1) is 15.0. The van der Waals surface area contributed by atoms with E-state index in [1.165, 1.54) is 5.39 Å². The lowest BCUT2D eigenvalue weighted by molar-refractivity contribution is -0.133. The number of nitrogens with zero attached hydrogens (tertiary/aromatic N) is 4. The van der Waals surface area contributed by atoms with E-state index in [2.05, 4.69) is 27.8 Å². The number of carbonyl (C=O) groups is 1. The highest BCUT2D eigenvalue weighted by Crippen LogP contribution is 2.23. The predicted octanol–water partition coefficient (Wildman–Crippen LogP) is 3.01. The zero-order valence-electron chi connectivity index (χ0n) is 13.9. The fraction of sp³-hybridized carbons (Fsp3) is 0.368. The van der Waals surface area contributed by atoms with E-state index < -0.39 is 0 Å². The minimum Gasteiger partial charge on any atom is -0.339 e. The number of rotatable bonds is 3. The molecule has 1 aliphatic rings. The summed E-state index contributed by atoms with van der Waals surface area (Å²) in [5.74, 6) is 1.21. The summed E-state index contributed by atoms with van der Waals surface area (Å²) in [5.41, 5.74) is 1.12. The molecular weight excluding hydrogens is 300 g/mol. The number of aromatic nitrogens is 3. The predicted molar refractivity (Wildman–Crippen MR) is 93.8 cm³/mol. The first-order chi connectivity index (χ1) is 11.7. The van der Waals surface area contributed by atoms with E-state index in [-0.39, 0.29) is 5.91 Å². The van der Waals surface area contributed by atoms with Crippen molar-refractivity contribution in [2.45, 2.75) is 32.4 Å². The van der Waals surface area contributed by atoms with Crippen molar-refractivity contribution in [2.24, 2.45) is 0 Å². The molecule has 1 amide bonds. The highest BCUT2D eigenvalue weighted by atomic mass is 16.2. The van der Waals surface area contributed by atoms with Crippen LogP contribution in [0.15, 0.2) is 48.9 Å². The Balaban J connectivity index is 1.49. The van der Waals surface area contributed by atoms with E-state index >= 15 is 0 Å². The molecule has 0 N–H and O–H groups in total. The fourth-order valence-electron chi connectivity index (χ4n) is 3.71. The van der Waals surface area contributed by atoms with Crippen LogP contribution >= 0.6 is 0 Å². The lowest BCUT2D eigenvalue weighted by Crippen LogP contribution is -2.42. The SMILES string of the molecule is Cc1nccn1[C@@H]1CCCN(C(=O)Cn2ccc3ccccc32)C1. The number of benzene rings is 1. The van der Waals surface area contributed by atoms with Gasteiger partial charge in [-0.15, -0.1) is 0 Å². The summed E-state index contributed by atoms with van der Waals surface area (Å²) in [5, 5.41) is 1.18. The molecule has 3 aromatic rings. The molecule has 1 atom stereocenters. The molecule has 3 heterocycles. The maximum Gasteiger partial charge on any atom is 0.242 e. The van der Waals surface area contributed by atoms with Crippen molar-refractivity contribution in [3.8, 4) is 0 Å². The number of amides is 1. The number of likely N-dealkylation sites (tertiary alicyclic amines) is 1. The van der Waals surface area contributed by atoms with Gasteiger partial charge in [0, 0.05) is 37.2 Å². The third-order valence-electron chi connectivity index (χ3n) is 4.99. The second-order valence-electron chi connectivity index (χ2n) is 6.52. The summed E-state index contributed by atoms with van der Waals surface area (Å²) in [6.07, 6.45) is 8.01. The van der Waals surface area contributed by atoms with Crippen molar-refractivity contribution in [3.05, 3.63) is 54.7 Å². The van der Waals surface area contributed by atoms with Crippen LogP contribution in [0.1, 0.15) is 24.7 Å². The van der Waals surface area contributed by atoms with Crippen LogP contribution in [-0.2, 0) is 11.3 Å². The van der Waals surface area contributed by atoms with Gasteiger partial charge in [-0.05, 0) is 37.3 Å². The van der Waals surface area contributed by atoms with Gasteiger partial charge >= 0.3 is 0 Å². The van der Waals surface area contributed by atoms with Crippen molar-refractivity contribution in [1.29, 1.82) is 0 Å². The zero-order valence-corrected chi connectivity index (χ0v) is 13.9. The molecule has 0 spiro atoms. The van der Waals surface area contributed by atoms with Gasteiger partial charge in [-0.3, -0.25) is 4.79 Å². The molecule has 5 nitrogen and oxygen atoms in total. The largest absolute Gasteiger partial charge is 0.339 e. The normalized spacial score (nSPS) is 18.2. The fourth-order valence-corrected chi connectivity index (χ4v) is 3.71. The van der Waals surface area contributed by atoms with Gasteiger partial charge in [0.05, 0.1) is 6.04 Å². The van der Waals surface area contributed by atoms with Crippen LogP contribution in [0, 0.1) is 6.92 Å². The number of hydrogen-bond donors (Lipinski definition) is 0. The van der Waals surface area contributed by atoms with Crippen LogP contribution in [-0.4, -0.2) is 38.0 Å². The molecule has 0 aliphatic carbocycles. The molecule has 124 valence electrons. The van der Waals surface area contributed by atoms with Crippen LogP contribution in [0.3, 0.4) is 0 Å². The number of aryl methyl sites for hydroxylation is 1. The summed E-state index contributed by atoms with van der Waals surface area (Å²) in [4.78, 5) is 19.1. The quantitative estimate of drug-likeness (QED) is 0.744. The Morgan fingerprint density at radius 2 is 2.12 bits per heavy atom. The molecule has 2 aromatic heterocycles. The van der Waals surface area contributed by atoms with E-state index in [9.17, 15) is 4.79 Å². The Morgan fingerprint density at radius 1 is 1.25 bits per heavy atom. The molecule has 0 saturated carbocycles. The topological polar surface area (TPSA) is 43.1 Å². The molecule has 0 unspecified atom stereocenters. The van der Waals surface area contributed by atoms with E-state index in [0.717, 1.165) is 37.3 Å². The average Bonchev–Trinajstić information content (AvgIpc) is 3.22. The monoisotopic (exact) mass is 322 g/mol. The summed E-state index contributed by atoms with van der Waals surface area (Å²) in [6, 6.07) is 10.6. The van der Waals surface area contributed by atoms with Gasteiger partial charge in [0.25, 0.3) is 0 Å². The first-order valence-corrected chi connectivity index (χ1v) is 8.53. The van der Waals surface area contributed by atoms with Crippen molar-refractivity contribution >= 4 is 16.8 Å². The Morgan fingerprint density at radius 3 is 2.96 bits per heavy atom. The third kappa shape index (κ3) is 2.70. The van der Waals surface area contributed by atoms with Crippen LogP contribution < -0.4 is 0 Å². The van der Waals surface area contributed by atoms with Gasteiger partial charge in [0.1, 0.15) is 12.4 Å². The number of carbonyl (C=O) groups excluding carboxylic acids is 1. The van der Waals surface area contributed by atoms with Gasteiger partial charge in [-0.1, -0.05) is 18.2 Å². The minimum absolute atomic E-state index is 0.193. The number of fused-ring (bicyclic) bond motifs is 1. The standard InChI is InChI=1S/C19H22N4O/c1-15-20-9-12-23(15)17-6-4-10-22(13-17)19(24)14-21-11-8-16-5-2-3-7-18(16)21/h2-3,5,7-9,11-12,17H,4,6,10,13-14H2,1H3/t17-/m1/s1. The maximum atomic E-state index is 12.8. The number of hydrogen-bond acceptors (Lipinski definition) is 2. The second-order valence-corrected chi connectivity index (χ2v) is 6.52. The average molecular weight is 322 g/mol. The van der Waals surface area contributed by atoms with Gasteiger partial charge in [-0.2, -0.15) is 0 Å². The van der Waals surface area contributed by atoms with Crippen LogP contribution in [0.4, 0.5) is 0 Å². The van der Waals surface area contributed by atoms with Gasteiger partial charge in [0.15, 0.2) is 0 Å². The van der Waals surface area contributed by atoms with E-state index in [1.807, 2.05) is 47.1 Å². The summed E-state index contributed by atoms with van der Waals surface area (Å²) < 4.78 is 4.24. The molecule has 0 bridgehead atoms. The molecule has 5 heteroatoms. The number of imidazole rings is 1. The van der Waals surface area contributed by atoms with E-state index in [4.69, 9.17) is 0 Å². The van der Waals surface area contributed by atoms with E-state index in [1.54, 1.807) is 0 Å². The van der Waals surface area contributed by atoms with Crippen molar-refractivity contribution in [1.82, 2.24) is 19.0 Å². The van der Waals surface area contributed by atoms with Crippen molar-refractivity contribution in [3.63, 3.8) is 0 Å². The molecule has 4 rings (SSSR count). The van der Waals surface area contributed by atoms with Gasteiger partial charge < -0.3 is 14.0 Å². The second kappa shape index (κ2) is 6.15. The molecule has 1 saturated heterocycles. The molecule has 1 aliphatic heterocycles. The van der Waals surface area contributed by atoms with Gasteiger partial charge in [0.2, 0.25) is 5.91 Å². The molecule has 1 fully saturated rings. The Labute approximate surface area is 141 Å². The summed E-state index contributed by atoms with van der Waals surface area (Å²) in [6.45, 7) is 4.05.